The van der Waals surface area contributed by atoms with E-state index in [1.807, 2.05) is 25.1 Å². The molecule has 2 N–H and O–H groups in total. The maximum absolute atomic E-state index is 6.08. The zero-order chi connectivity index (χ0) is 10.1. The van der Waals surface area contributed by atoms with Gasteiger partial charge in [0, 0.05) is 5.69 Å². The van der Waals surface area contributed by atoms with Crippen molar-refractivity contribution >= 4 is 12.4 Å². The van der Waals surface area contributed by atoms with Gasteiger partial charge in [0.2, 0.25) is 0 Å². The Morgan fingerprint density at radius 3 is 2.29 bits per heavy atom. The molecule has 0 aliphatic carbocycles. The second-order valence-corrected chi connectivity index (χ2v) is 4.55. The Morgan fingerprint density at radius 2 is 1.86 bits per heavy atom. The molecule has 0 aliphatic rings. The Bertz CT molecular complexity index is 292. The molecule has 0 saturated carbocycles. The Balaban J connectivity index is 0.00000169. The number of rotatable bonds is 1. The molecule has 1 aromatic rings. The normalized spacial score (nSPS) is 13.2. The minimum Gasteiger partial charge on any atom is -0.322 e. The molecule has 0 aliphatic heterocycles. The highest BCUT2D eigenvalue weighted by molar-refractivity contribution is 5.85. The van der Waals surface area contributed by atoms with Crippen LogP contribution in [0.5, 0.6) is 0 Å². The first-order chi connectivity index (χ1) is 5.91. The summed E-state index contributed by atoms with van der Waals surface area (Å²) < 4.78 is 0. The molecule has 0 bridgehead atoms. The number of aryl methyl sites for hydroxylation is 1. The van der Waals surface area contributed by atoms with Gasteiger partial charge in [-0.1, -0.05) is 26.8 Å². The summed E-state index contributed by atoms with van der Waals surface area (Å²) >= 11 is 0. The van der Waals surface area contributed by atoms with E-state index in [0.717, 1.165) is 11.4 Å². The molecule has 80 valence electrons. The molecule has 3 heteroatoms. The molecule has 1 rings (SSSR count). The zero-order valence-corrected chi connectivity index (χ0v) is 10.1. The Kier molecular flexibility index (Phi) is 4.56. The molecule has 0 saturated heterocycles. The van der Waals surface area contributed by atoms with Crippen LogP contribution in [0.2, 0.25) is 0 Å². The van der Waals surface area contributed by atoms with Crippen molar-refractivity contribution in [3.8, 4) is 0 Å². The molecule has 2 nitrogen and oxygen atoms in total. The van der Waals surface area contributed by atoms with E-state index in [0.29, 0.717) is 0 Å². The topological polar surface area (TPSA) is 38.9 Å². The van der Waals surface area contributed by atoms with Gasteiger partial charge in [-0.05, 0) is 24.5 Å². The molecule has 0 spiro atoms. The van der Waals surface area contributed by atoms with E-state index in [2.05, 4.69) is 25.8 Å². The molecule has 1 aromatic heterocycles. The van der Waals surface area contributed by atoms with Crippen molar-refractivity contribution in [1.82, 2.24) is 4.98 Å². The van der Waals surface area contributed by atoms with Crippen LogP contribution in [0.15, 0.2) is 18.2 Å². The highest BCUT2D eigenvalue weighted by atomic mass is 35.5. The van der Waals surface area contributed by atoms with Crippen LogP contribution in [0.3, 0.4) is 0 Å². The molecular formula is C11H19ClN2. The fraction of sp³-hybridized carbons (Fsp3) is 0.545. The number of hydrogen-bond acceptors (Lipinski definition) is 2. The predicted octanol–water partition coefficient (Wildman–Crippen LogP) is 2.86. The SMILES string of the molecule is Cc1cccc([C@@H](N)C(C)(C)C)n1.Cl. The third-order valence-electron chi connectivity index (χ3n) is 2.16. The summed E-state index contributed by atoms with van der Waals surface area (Å²) in [6.45, 7) is 8.36. The van der Waals surface area contributed by atoms with E-state index in [1.54, 1.807) is 0 Å². The first-order valence-electron chi connectivity index (χ1n) is 4.60. The van der Waals surface area contributed by atoms with Gasteiger partial charge in [-0.25, -0.2) is 0 Å². The summed E-state index contributed by atoms with van der Waals surface area (Å²) in [5.41, 5.74) is 8.15. The fourth-order valence-electron chi connectivity index (χ4n) is 1.18. The van der Waals surface area contributed by atoms with Crippen LogP contribution < -0.4 is 5.73 Å². The van der Waals surface area contributed by atoms with Gasteiger partial charge in [0.1, 0.15) is 0 Å². The van der Waals surface area contributed by atoms with Crippen LogP contribution in [-0.4, -0.2) is 4.98 Å². The highest BCUT2D eigenvalue weighted by Crippen LogP contribution is 2.28. The largest absolute Gasteiger partial charge is 0.322 e. The molecule has 0 fully saturated rings. The molecule has 1 atom stereocenters. The molecule has 14 heavy (non-hydrogen) atoms. The Morgan fingerprint density at radius 1 is 1.29 bits per heavy atom. The van der Waals surface area contributed by atoms with Crippen LogP contribution in [0.4, 0.5) is 0 Å². The molecule has 0 aromatic carbocycles. The first-order valence-corrected chi connectivity index (χ1v) is 4.60. The molecule has 0 amide bonds. The van der Waals surface area contributed by atoms with E-state index in [1.165, 1.54) is 0 Å². The summed E-state index contributed by atoms with van der Waals surface area (Å²) in [6, 6.07) is 5.98. The van der Waals surface area contributed by atoms with E-state index < -0.39 is 0 Å². The van der Waals surface area contributed by atoms with Crippen molar-refractivity contribution in [2.45, 2.75) is 33.7 Å². The summed E-state index contributed by atoms with van der Waals surface area (Å²) in [7, 11) is 0. The van der Waals surface area contributed by atoms with Gasteiger partial charge >= 0.3 is 0 Å². The van der Waals surface area contributed by atoms with Crippen LogP contribution >= 0.6 is 12.4 Å². The second-order valence-electron chi connectivity index (χ2n) is 4.55. The van der Waals surface area contributed by atoms with Gasteiger partial charge < -0.3 is 5.73 Å². The van der Waals surface area contributed by atoms with Crippen LogP contribution in [0.1, 0.15) is 38.2 Å². The summed E-state index contributed by atoms with van der Waals surface area (Å²) in [6.07, 6.45) is 0. The van der Waals surface area contributed by atoms with E-state index in [-0.39, 0.29) is 23.9 Å². The van der Waals surface area contributed by atoms with Gasteiger partial charge in [-0.2, -0.15) is 0 Å². The lowest BCUT2D eigenvalue weighted by atomic mass is 9.85. The summed E-state index contributed by atoms with van der Waals surface area (Å²) in [4.78, 5) is 4.41. The van der Waals surface area contributed by atoms with Gasteiger partial charge in [0.25, 0.3) is 0 Å². The minimum absolute atomic E-state index is 0. The van der Waals surface area contributed by atoms with E-state index in [4.69, 9.17) is 5.73 Å². The number of nitrogens with two attached hydrogens (primary N) is 1. The molecule has 0 radical (unpaired) electrons. The lowest BCUT2D eigenvalue weighted by Gasteiger charge is -2.26. The predicted molar refractivity (Wildman–Crippen MR) is 62.6 cm³/mol. The average molecular weight is 215 g/mol. The first kappa shape index (κ1) is 13.4. The molecule has 0 unspecified atom stereocenters. The second kappa shape index (κ2) is 4.76. The van der Waals surface area contributed by atoms with Crippen molar-refractivity contribution in [3.05, 3.63) is 29.6 Å². The summed E-state index contributed by atoms with van der Waals surface area (Å²) in [5, 5.41) is 0. The Labute approximate surface area is 92.3 Å². The monoisotopic (exact) mass is 214 g/mol. The van der Waals surface area contributed by atoms with Crippen molar-refractivity contribution in [3.63, 3.8) is 0 Å². The Hall–Kier alpha value is -0.600. The van der Waals surface area contributed by atoms with Crippen molar-refractivity contribution in [1.29, 1.82) is 0 Å². The standard InChI is InChI=1S/C11H18N2.ClH/c1-8-6-5-7-9(13-8)10(12)11(2,3)4;/h5-7,10H,12H2,1-4H3;1H/t10-;/m1./s1. The van der Waals surface area contributed by atoms with Crippen LogP contribution in [0, 0.1) is 12.3 Å². The van der Waals surface area contributed by atoms with Crippen molar-refractivity contribution in [2.24, 2.45) is 11.1 Å². The lowest BCUT2D eigenvalue weighted by molar-refractivity contribution is 0.321. The quantitative estimate of drug-likeness (QED) is 0.781. The number of nitrogens with zero attached hydrogens (tertiary/aromatic N) is 1. The van der Waals surface area contributed by atoms with Gasteiger partial charge in [0.15, 0.2) is 0 Å². The maximum atomic E-state index is 6.08. The van der Waals surface area contributed by atoms with E-state index in [9.17, 15) is 0 Å². The molecular weight excluding hydrogens is 196 g/mol. The van der Waals surface area contributed by atoms with Crippen molar-refractivity contribution < 1.29 is 0 Å². The lowest BCUT2D eigenvalue weighted by Crippen LogP contribution is -2.27. The number of halogens is 1. The maximum Gasteiger partial charge on any atom is 0.0579 e. The van der Waals surface area contributed by atoms with Gasteiger partial charge in [-0.3, -0.25) is 4.98 Å². The van der Waals surface area contributed by atoms with Gasteiger partial charge in [-0.15, -0.1) is 12.4 Å². The van der Waals surface area contributed by atoms with Crippen molar-refractivity contribution in [2.75, 3.05) is 0 Å². The van der Waals surface area contributed by atoms with Crippen LogP contribution in [-0.2, 0) is 0 Å². The molecule has 1 heterocycles. The fourth-order valence-corrected chi connectivity index (χ4v) is 1.18. The third kappa shape index (κ3) is 3.28. The average Bonchev–Trinajstić information content (AvgIpc) is 2.01. The number of pyridine rings is 1. The van der Waals surface area contributed by atoms with Gasteiger partial charge in [0.05, 0.1) is 11.7 Å². The summed E-state index contributed by atoms with van der Waals surface area (Å²) in [5.74, 6) is 0. The number of hydrogen-bond donors (Lipinski definition) is 1. The smallest absolute Gasteiger partial charge is 0.0579 e. The third-order valence-corrected chi connectivity index (χ3v) is 2.16. The zero-order valence-electron chi connectivity index (χ0n) is 9.24. The minimum atomic E-state index is 0. The number of aromatic nitrogens is 1. The highest BCUT2D eigenvalue weighted by Gasteiger charge is 2.23. The van der Waals surface area contributed by atoms with Crippen LogP contribution in [0.25, 0.3) is 0 Å². The van der Waals surface area contributed by atoms with E-state index >= 15 is 0 Å².